The van der Waals surface area contributed by atoms with E-state index in [1.54, 1.807) is 20.8 Å². The van der Waals surface area contributed by atoms with Crippen LogP contribution in [0.1, 0.15) is 50.8 Å². The molecule has 0 radical (unpaired) electrons. The van der Waals surface area contributed by atoms with Crippen LogP contribution in [-0.2, 0) is 16.4 Å². The SMILES string of the molecule is CC(C)(C)NS(=O)(=O)c1ccc(N[C@H]2CCCc3ccccc32)c([N+](=O)[O-])c1. The summed E-state index contributed by atoms with van der Waals surface area (Å²) in [5.74, 6) is 0. The van der Waals surface area contributed by atoms with Gasteiger partial charge in [0.1, 0.15) is 5.69 Å². The van der Waals surface area contributed by atoms with Gasteiger partial charge in [0.2, 0.25) is 10.0 Å². The molecule has 0 aliphatic heterocycles. The highest BCUT2D eigenvalue weighted by Crippen LogP contribution is 2.36. The van der Waals surface area contributed by atoms with E-state index in [0.717, 1.165) is 30.9 Å². The van der Waals surface area contributed by atoms with Crippen LogP contribution < -0.4 is 10.0 Å². The summed E-state index contributed by atoms with van der Waals surface area (Å²) in [6.45, 7) is 5.15. The number of nitrogens with one attached hydrogen (secondary N) is 2. The molecule has 0 fully saturated rings. The topological polar surface area (TPSA) is 101 Å². The van der Waals surface area contributed by atoms with Crippen molar-refractivity contribution in [3.05, 3.63) is 63.7 Å². The minimum atomic E-state index is -3.85. The van der Waals surface area contributed by atoms with Crippen LogP contribution in [0.2, 0.25) is 0 Å². The number of benzene rings is 2. The molecule has 0 amide bonds. The highest BCUT2D eigenvalue weighted by Gasteiger charge is 2.27. The van der Waals surface area contributed by atoms with Crippen molar-refractivity contribution in [3.8, 4) is 0 Å². The number of hydrogen-bond donors (Lipinski definition) is 2. The molecular formula is C20H25N3O4S. The number of aryl methyl sites for hydroxylation is 1. The van der Waals surface area contributed by atoms with E-state index >= 15 is 0 Å². The summed E-state index contributed by atoms with van der Waals surface area (Å²) in [7, 11) is -3.85. The lowest BCUT2D eigenvalue weighted by Gasteiger charge is -2.27. The molecule has 1 aliphatic carbocycles. The monoisotopic (exact) mass is 403 g/mol. The second kappa shape index (κ2) is 7.52. The van der Waals surface area contributed by atoms with E-state index in [0.29, 0.717) is 5.69 Å². The highest BCUT2D eigenvalue weighted by molar-refractivity contribution is 7.89. The molecule has 1 atom stereocenters. The number of sulfonamides is 1. The van der Waals surface area contributed by atoms with Crippen molar-refractivity contribution < 1.29 is 13.3 Å². The van der Waals surface area contributed by atoms with Gasteiger partial charge < -0.3 is 5.32 Å². The molecular weight excluding hydrogens is 378 g/mol. The Morgan fingerprint density at radius 1 is 1.14 bits per heavy atom. The van der Waals surface area contributed by atoms with E-state index in [4.69, 9.17) is 0 Å². The maximum Gasteiger partial charge on any atom is 0.293 e. The van der Waals surface area contributed by atoms with E-state index in [9.17, 15) is 18.5 Å². The Labute approximate surface area is 165 Å². The Morgan fingerprint density at radius 2 is 1.86 bits per heavy atom. The van der Waals surface area contributed by atoms with E-state index in [1.165, 1.54) is 17.7 Å². The first-order valence-electron chi connectivity index (χ1n) is 9.23. The van der Waals surface area contributed by atoms with Crippen LogP contribution in [-0.4, -0.2) is 18.9 Å². The van der Waals surface area contributed by atoms with Gasteiger partial charge in [0.05, 0.1) is 15.9 Å². The number of anilines is 1. The van der Waals surface area contributed by atoms with Crippen LogP contribution in [0.25, 0.3) is 0 Å². The Hall–Kier alpha value is -2.45. The molecule has 2 N–H and O–H groups in total. The number of hydrogen-bond acceptors (Lipinski definition) is 5. The predicted molar refractivity (Wildman–Crippen MR) is 109 cm³/mol. The zero-order chi connectivity index (χ0) is 20.5. The molecule has 0 spiro atoms. The Morgan fingerprint density at radius 3 is 2.54 bits per heavy atom. The average Bonchev–Trinajstić information content (AvgIpc) is 2.60. The second-order valence-electron chi connectivity index (χ2n) is 8.08. The van der Waals surface area contributed by atoms with Gasteiger partial charge in [-0.05, 0) is 63.3 Å². The third-order valence-electron chi connectivity index (χ3n) is 4.62. The van der Waals surface area contributed by atoms with Gasteiger partial charge in [0.15, 0.2) is 0 Å². The van der Waals surface area contributed by atoms with Crippen LogP contribution in [0.3, 0.4) is 0 Å². The van der Waals surface area contributed by atoms with Crippen LogP contribution in [0.15, 0.2) is 47.4 Å². The smallest absolute Gasteiger partial charge is 0.293 e. The van der Waals surface area contributed by atoms with Gasteiger partial charge >= 0.3 is 0 Å². The van der Waals surface area contributed by atoms with Gasteiger partial charge in [-0.15, -0.1) is 0 Å². The fraction of sp³-hybridized carbons (Fsp3) is 0.400. The van der Waals surface area contributed by atoms with Gasteiger partial charge in [-0.2, -0.15) is 0 Å². The first kappa shape index (κ1) is 20.3. The normalized spacial score (nSPS) is 17.0. The number of nitro benzene ring substituents is 1. The summed E-state index contributed by atoms with van der Waals surface area (Å²) >= 11 is 0. The van der Waals surface area contributed by atoms with Crippen molar-refractivity contribution in [2.24, 2.45) is 0 Å². The Bertz CT molecular complexity index is 997. The molecule has 0 unspecified atom stereocenters. The zero-order valence-electron chi connectivity index (χ0n) is 16.2. The molecule has 7 nitrogen and oxygen atoms in total. The molecule has 3 rings (SSSR count). The minimum absolute atomic E-state index is 0.0428. The molecule has 1 aliphatic rings. The van der Waals surface area contributed by atoms with Crippen LogP contribution in [0.4, 0.5) is 11.4 Å². The Kier molecular flexibility index (Phi) is 5.45. The first-order valence-corrected chi connectivity index (χ1v) is 10.7. The fourth-order valence-electron chi connectivity index (χ4n) is 3.51. The molecule has 2 aromatic carbocycles. The summed E-state index contributed by atoms with van der Waals surface area (Å²) < 4.78 is 27.6. The van der Waals surface area contributed by atoms with Gasteiger partial charge in [0.25, 0.3) is 5.69 Å². The molecule has 28 heavy (non-hydrogen) atoms. The second-order valence-corrected chi connectivity index (χ2v) is 9.76. The predicted octanol–water partition coefficient (Wildman–Crippen LogP) is 4.16. The molecule has 0 heterocycles. The largest absolute Gasteiger partial charge is 0.373 e. The van der Waals surface area contributed by atoms with Crippen LogP contribution in [0, 0.1) is 10.1 Å². The first-order chi connectivity index (χ1) is 13.1. The number of nitro groups is 1. The van der Waals surface area contributed by atoms with Gasteiger partial charge in [-0.3, -0.25) is 10.1 Å². The lowest BCUT2D eigenvalue weighted by molar-refractivity contribution is -0.384. The summed E-state index contributed by atoms with van der Waals surface area (Å²) in [6.07, 6.45) is 2.84. The molecule has 150 valence electrons. The van der Waals surface area contributed by atoms with Crippen molar-refractivity contribution in [1.29, 1.82) is 0 Å². The van der Waals surface area contributed by atoms with Crippen LogP contribution >= 0.6 is 0 Å². The molecule has 8 heteroatoms. The maximum atomic E-state index is 12.5. The molecule has 0 saturated carbocycles. The van der Waals surface area contributed by atoms with E-state index in [-0.39, 0.29) is 16.6 Å². The minimum Gasteiger partial charge on any atom is -0.373 e. The van der Waals surface area contributed by atoms with E-state index < -0.39 is 20.5 Å². The molecule has 0 bridgehead atoms. The molecule has 0 aromatic heterocycles. The van der Waals surface area contributed by atoms with Crippen molar-refractivity contribution in [2.45, 2.75) is 56.5 Å². The van der Waals surface area contributed by atoms with E-state index in [2.05, 4.69) is 16.1 Å². The third kappa shape index (κ3) is 4.51. The lowest BCUT2D eigenvalue weighted by Crippen LogP contribution is -2.40. The summed E-state index contributed by atoms with van der Waals surface area (Å²) in [5.41, 5.74) is 1.76. The summed E-state index contributed by atoms with van der Waals surface area (Å²) in [6, 6.07) is 12.0. The number of fused-ring (bicyclic) bond motifs is 1. The van der Waals surface area contributed by atoms with Crippen LogP contribution in [0.5, 0.6) is 0 Å². The van der Waals surface area contributed by atoms with Gasteiger partial charge in [-0.1, -0.05) is 24.3 Å². The zero-order valence-corrected chi connectivity index (χ0v) is 17.0. The van der Waals surface area contributed by atoms with Crippen molar-refractivity contribution in [2.75, 3.05) is 5.32 Å². The fourth-order valence-corrected chi connectivity index (χ4v) is 4.94. The quantitative estimate of drug-likeness (QED) is 0.576. The van der Waals surface area contributed by atoms with Gasteiger partial charge in [0, 0.05) is 11.6 Å². The highest BCUT2D eigenvalue weighted by atomic mass is 32.2. The van der Waals surface area contributed by atoms with Crippen molar-refractivity contribution in [1.82, 2.24) is 4.72 Å². The number of rotatable bonds is 5. The standard InChI is InChI=1S/C20H25N3O4S/c1-20(2,3)22-28(26,27)15-11-12-18(19(13-15)23(24)25)21-17-10-6-8-14-7-4-5-9-16(14)17/h4-5,7,9,11-13,17,21-22H,6,8,10H2,1-3H3/t17-/m0/s1. The maximum absolute atomic E-state index is 12.5. The molecule has 2 aromatic rings. The number of nitrogens with zero attached hydrogens (tertiary/aromatic N) is 1. The molecule has 0 saturated heterocycles. The average molecular weight is 404 g/mol. The van der Waals surface area contributed by atoms with Crippen molar-refractivity contribution in [3.63, 3.8) is 0 Å². The lowest BCUT2D eigenvalue weighted by atomic mass is 9.87. The van der Waals surface area contributed by atoms with Gasteiger partial charge in [-0.25, -0.2) is 13.1 Å². The van der Waals surface area contributed by atoms with E-state index in [1.807, 2.05) is 18.2 Å². The summed E-state index contributed by atoms with van der Waals surface area (Å²) in [5, 5.41) is 14.9. The summed E-state index contributed by atoms with van der Waals surface area (Å²) in [4.78, 5) is 11.0. The third-order valence-corrected chi connectivity index (χ3v) is 6.37. The van der Waals surface area contributed by atoms with Crippen molar-refractivity contribution >= 4 is 21.4 Å². The Balaban J connectivity index is 1.94.